The molecule has 0 spiro atoms. The third-order valence-electron chi connectivity index (χ3n) is 3.23. The summed E-state index contributed by atoms with van der Waals surface area (Å²) in [5.74, 6) is -1.40. The van der Waals surface area contributed by atoms with Gasteiger partial charge < -0.3 is 10.2 Å². The van der Waals surface area contributed by atoms with Gasteiger partial charge in [0.05, 0.1) is 11.3 Å². The minimum absolute atomic E-state index is 0.230. The molecular weight excluding hydrogens is 242 g/mol. The molecule has 1 N–H and O–H groups in total. The lowest BCUT2D eigenvalue weighted by molar-refractivity contribution is -0.154. The Bertz CT molecular complexity index is 387. The first-order valence-electron chi connectivity index (χ1n) is 5.68. The molecule has 18 heavy (non-hydrogen) atoms. The maximum atomic E-state index is 11.7. The number of piperazine rings is 1. The molecule has 0 radical (unpaired) electrons. The van der Waals surface area contributed by atoms with Crippen LogP contribution in [0.4, 0.5) is 0 Å². The van der Waals surface area contributed by atoms with Crippen molar-refractivity contribution in [2.24, 2.45) is 10.5 Å². The van der Waals surface area contributed by atoms with Crippen molar-refractivity contribution >= 4 is 11.8 Å². The Morgan fingerprint density at radius 1 is 1.22 bits per heavy atom. The van der Waals surface area contributed by atoms with Crippen LogP contribution in [0.25, 0.3) is 0 Å². The molecule has 0 aromatic rings. The highest BCUT2D eigenvalue weighted by Gasteiger charge is 2.39. The van der Waals surface area contributed by atoms with Gasteiger partial charge in [-0.15, -0.1) is 4.91 Å². The number of nitrogens with zero attached hydrogens (tertiary/aromatic N) is 4. The van der Waals surface area contributed by atoms with Gasteiger partial charge in [-0.3, -0.25) is 9.59 Å². The van der Waals surface area contributed by atoms with Crippen LogP contribution in [-0.2, 0) is 9.59 Å². The van der Waals surface area contributed by atoms with Gasteiger partial charge in [0.15, 0.2) is 0 Å². The molecule has 2 atom stereocenters. The Morgan fingerprint density at radius 3 is 2.67 bits per heavy atom. The van der Waals surface area contributed by atoms with E-state index in [-0.39, 0.29) is 13.0 Å². The fraction of sp³-hybridized carbons (Fsp3) is 0.778. The minimum atomic E-state index is -0.702. The van der Waals surface area contributed by atoms with Crippen LogP contribution in [0.1, 0.15) is 12.8 Å². The van der Waals surface area contributed by atoms with Crippen molar-refractivity contribution in [2.75, 3.05) is 19.6 Å². The molecule has 2 aliphatic heterocycles. The van der Waals surface area contributed by atoms with Gasteiger partial charge >= 0.3 is 11.8 Å². The molecule has 2 aliphatic rings. The van der Waals surface area contributed by atoms with E-state index in [2.05, 4.69) is 15.8 Å². The summed E-state index contributed by atoms with van der Waals surface area (Å²) in [6, 6.07) is -0.453. The van der Waals surface area contributed by atoms with E-state index in [0.717, 1.165) is 0 Å². The van der Waals surface area contributed by atoms with E-state index in [9.17, 15) is 19.4 Å². The minimum Gasteiger partial charge on any atom is -0.346 e. The predicted molar refractivity (Wildman–Crippen MR) is 59.8 cm³/mol. The predicted octanol–water partition coefficient (Wildman–Crippen LogP) is -0.817. The van der Waals surface area contributed by atoms with E-state index in [1.165, 1.54) is 9.91 Å². The number of nitrogens with one attached hydrogen (secondary N) is 1. The molecule has 0 aliphatic carbocycles. The van der Waals surface area contributed by atoms with Gasteiger partial charge in [-0.05, 0) is 6.42 Å². The molecule has 0 bridgehead atoms. The summed E-state index contributed by atoms with van der Waals surface area (Å²) < 4.78 is 0. The molecule has 9 nitrogen and oxygen atoms in total. The van der Waals surface area contributed by atoms with Crippen LogP contribution in [0, 0.1) is 9.81 Å². The van der Waals surface area contributed by atoms with Crippen LogP contribution in [0.2, 0.25) is 0 Å². The first kappa shape index (κ1) is 12.4. The van der Waals surface area contributed by atoms with Crippen LogP contribution in [0.5, 0.6) is 0 Å². The van der Waals surface area contributed by atoms with Gasteiger partial charge in [-0.2, -0.15) is 4.91 Å². The van der Waals surface area contributed by atoms with Crippen molar-refractivity contribution < 1.29 is 9.59 Å². The smallest absolute Gasteiger partial charge is 0.313 e. The van der Waals surface area contributed by atoms with Crippen molar-refractivity contribution in [3.05, 3.63) is 9.81 Å². The standard InChI is InChI=1S/C9H13N5O4/c15-8-9(16)13(4-2-10-8)7-5-6(11-17)1-3-14(7)12-18/h6-7H,1-5H2,(H,10,15). The summed E-state index contributed by atoms with van der Waals surface area (Å²) in [6.07, 6.45) is 0.00585. The van der Waals surface area contributed by atoms with Gasteiger partial charge in [-0.25, -0.2) is 5.01 Å². The van der Waals surface area contributed by atoms with Gasteiger partial charge in [0.2, 0.25) is 0 Å². The van der Waals surface area contributed by atoms with Crippen LogP contribution in [0.15, 0.2) is 10.5 Å². The number of carbonyl (C=O) groups excluding carboxylic acids is 2. The average Bonchev–Trinajstić information content (AvgIpc) is 2.41. The second kappa shape index (κ2) is 5.07. The number of rotatable bonds is 3. The number of carbonyl (C=O) groups is 2. The van der Waals surface area contributed by atoms with Crippen LogP contribution in [0.3, 0.4) is 0 Å². The van der Waals surface area contributed by atoms with E-state index in [1.54, 1.807) is 0 Å². The van der Waals surface area contributed by atoms with E-state index in [1.807, 2.05) is 0 Å². The highest BCUT2D eigenvalue weighted by Crippen LogP contribution is 2.23. The van der Waals surface area contributed by atoms with Gasteiger partial charge in [0.25, 0.3) is 0 Å². The van der Waals surface area contributed by atoms with Crippen molar-refractivity contribution in [3.8, 4) is 0 Å². The lowest BCUT2D eigenvalue weighted by atomic mass is 10.0. The lowest BCUT2D eigenvalue weighted by Gasteiger charge is -2.41. The number of hydrogen-bond acceptors (Lipinski definition) is 6. The third kappa shape index (κ3) is 2.15. The zero-order valence-electron chi connectivity index (χ0n) is 9.61. The molecule has 2 unspecified atom stereocenters. The van der Waals surface area contributed by atoms with Crippen LogP contribution < -0.4 is 5.32 Å². The molecule has 9 heteroatoms. The van der Waals surface area contributed by atoms with E-state index >= 15 is 0 Å². The van der Waals surface area contributed by atoms with E-state index < -0.39 is 24.0 Å². The Balaban J connectivity index is 2.16. The second-order valence-corrected chi connectivity index (χ2v) is 4.26. The molecule has 0 saturated carbocycles. The lowest BCUT2D eigenvalue weighted by Crippen LogP contribution is -2.61. The van der Waals surface area contributed by atoms with Crippen molar-refractivity contribution in [1.82, 2.24) is 15.2 Å². The zero-order chi connectivity index (χ0) is 13.1. The summed E-state index contributed by atoms with van der Waals surface area (Å²) in [4.78, 5) is 45.6. The molecule has 0 aromatic carbocycles. The summed E-state index contributed by atoms with van der Waals surface area (Å²) in [6.45, 7) is 0.885. The highest BCUT2D eigenvalue weighted by molar-refractivity contribution is 6.35. The van der Waals surface area contributed by atoms with Crippen LogP contribution in [-0.4, -0.2) is 53.6 Å². The van der Waals surface area contributed by atoms with Gasteiger partial charge in [0, 0.05) is 26.1 Å². The Morgan fingerprint density at radius 2 is 2.00 bits per heavy atom. The summed E-state index contributed by atoms with van der Waals surface area (Å²) >= 11 is 0. The molecule has 2 heterocycles. The molecule has 98 valence electrons. The molecule has 2 rings (SSSR count). The maximum absolute atomic E-state index is 11.7. The number of nitroso groups, excluding NO2 is 2. The first-order chi connectivity index (χ1) is 8.67. The number of piperidine rings is 1. The average molecular weight is 255 g/mol. The molecular formula is C9H13N5O4. The summed E-state index contributed by atoms with van der Waals surface area (Å²) in [5, 5.41) is 9.40. The Kier molecular flexibility index (Phi) is 3.49. The Labute approximate surface area is 102 Å². The fourth-order valence-corrected chi connectivity index (χ4v) is 2.27. The third-order valence-corrected chi connectivity index (χ3v) is 3.23. The SMILES string of the molecule is O=NC1CCN(N=O)C(N2CCNC(=O)C2=O)C1. The van der Waals surface area contributed by atoms with Crippen LogP contribution >= 0.6 is 0 Å². The number of hydrogen-bond donors (Lipinski definition) is 1. The monoisotopic (exact) mass is 255 g/mol. The molecule has 2 fully saturated rings. The maximum Gasteiger partial charge on any atom is 0.313 e. The largest absolute Gasteiger partial charge is 0.346 e. The number of amides is 2. The normalized spacial score (nSPS) is 28.9. The highest BCUT2D eigenvalue weighted by atomic mass is 16.3. The summed E-state index contributed by atoms with van der Waals surface area (Å²) in [7, 11) is 0. The van der Waals surface area contributed by atoms with Crippen molar-refractivity contribution in [2.45, 2.75) is 25.0 Å². The Hall–Kier alpha value is -2.06. The topological polar surface area (TPSA) is 112 Å². The molecule has 2 amide bonds. The quantitative estimate of drug-likeness (QED) is 0.523. The molecule has 0 aromatic heterocycles. The zero-order valence-corrected chi connectivity index (χ0v) is 9.61. The van der Waals surface area contributed by atoms with E-state index in [0.29, 0.717) is 19.5 Å². The molecule has 2 saturated heterocycles. The first-order valence-corrected chi connectivity index (χ1v) is 5.68. The fourth-order valence-electron chi connectivity index (χ4n) is 2.27. The van der Waals surface area contributed by atoms with Gasteiger partial charge in [-0.1, -0.05) is 5.18 Å². The second-order valence-electron chi connectivity index (χ2n) is 4.26. The van der Waals surface area contributed by atoms with Gasteiger partial charge in [0.1, 0.15) is 6.17 Å². The van der Waals surface area contributed by atoms with Crippen molar-refractivity contribution in [3.63, 3.8) is 0 Å². The van der Waals surface area contributed by atoms with E-state index in [4.69, 9.17) is 0 Å². The summed E-state index contributed by atoms with van der Waals surface area (Å²) in [5.41, 5.74) is 0. The van der Waals surface area contributed by atoms with Crippen molar-refractivity contribution in [1.29, 1.82) is 0 Å².